The van der Waals surface area contributed by atoms with Gasteiger partial charge < -0.3 is 37.0 Å². The number of hydrogen-bond donors (Lipinski definition) is 8. The molecule has 162 valence electrons. The summed E-state index contributed by atoms with van der Waals surface area (Å²) in [6, 6.07) is -5.08. The Morgan fingerprint density at radius 1 is 1.00 bits per heavy atom. The summed E-state index contributed by atoms with van der Waals surface area (Å²) in [7, 11) is 0. The van der Waals surface area contributed by atoms with E-state index in [9.17, 15) is 29.4 Å². The van der Waals surface area contributed by atoms with Crippen LogP contribution in [0.2, 0.25) is 0 Å². The molecule has 0 aromatic carbocycles. The Morgan fingerprint density at radius 3 is 1.93 bits per heavy atom. The SMILES string of the molecule is CCC(C)C(NC(=O)C(NC(=O)C(CS)NC(=O)C(N)CO)C(C)O)C(=O)O. The van der Waals surface area contributed by atoms with Crippen molar-refractivity contribution in [2.75, 3.05) is 12.4 Å². The van der Waals surface area contributed by atoms with Gasteiger partial charge in [-0.1, -0.05) is 20.3 Å². The van der Waals surface area contributed by atoms with Gasteiger partial charge in [-0.15, -0.1) is 0 Å². The maximum absolute atomic E-state index is 12.4. The summed E-state index contributed by atoms with van der Waals surface area (Å²) >= 11 is 3.96. The zero-order valence-corrected chi connectivity index (χ0v) is 17.0. The number of nitrogens with two attached hydrogens (primary N) is 1. The van der Waals surface area contributed by atoms with E-state index >= 15 is 0 Å². The molecule has 3 amide bonds. The molecule has 28 heavy (non-hydrogen) atoms. The molecule has 0 fully saturated rings. The third-order valence-corrected chi connectivity index (χ3v) is 4.55. The number of aliphatic carboxylic acids is 1. The van der Waals surface area contributed by atoms with Crippen LogP contribution in [0.15, 0.2) is 0 Å². The Kier molecular flexibility index (Phi) is 11.7. The van der Waals surface area contributed by atoms with E-state index in [0.717, 1.165) is 0 Å². The average Bonchev–Trinajstić information content (AvgIpc) is 2.65. The van der Waals surface area contributed by atoms with Crippen molar-refractivity contribution >= 4 is 36.3 Å². The van der Waals surface area contributed by atoms with Gasteiger partial charge in [0.2, 0.25) is 17.7 Å². The van der Waals surface area contributed by atoms with E-state index in [2.05, 4.69) is 28.6 Å². The van der Waals surface area contributed by atoms with E-state index in [-0.39, 0.29) is 11.7 Å². The lowest BCUT2D eigenvalue weighted by molar-refractivity contribution is -0.144. The molecule has 6 atom stereocenters. The summed E-state index contributed by atoms with van der Waals surface area (Å²) in [4.78, 5) is 47.9. The predicted octanol–water partition coefficient (Wildman–Crippen LogP) is -2.80. The van der Waals surface area contributed by atoms with Crippen LogP contribution in [-0.4, -0.2) is 81.6 Å². The van der Waals surface area contributed by atoms with Gasteiger partial charge in [-0.2, -0.15) is 12.6 Å². The van der Waals surface area contributed by atoms with Crippen LogP contribution in [0.25, 0.3) is 0 Å². The van der Waals surface area contributed by atoms with E-state index in [1.807, 2.05) is 0 Å². The first-order chi connectivity index (χ1) is 13.0. The highest BCUT2D eigenvalue weighted by Crippen LogP contribution is 2.09. The second-order valence-corrected chi connectivity index (χ2v) is 6.83. The number of carbonyl (C=O) groups excluding carboxylic acids is 3. The summed E-state index contributed by atoms with van der Waals surface area (Å²) < 4.78 is 0. The lowest BCUT2D eigenvalue weighted by atomic mass is 9.98. The smallest absolute Gasteiger partial charge is 0.326 e. The number of rotatable bonds is 12. The molecule has 0 rings (SSSR count). The molecule has 0 aliphatic carbocycles. The standard InChI is InChI=1S/C16H30N4O7S/c1-4-7(2)11(16(26)27)19-15(25)12(8(3)22)20-14(24)10(6-28)18-13(23)9(17)5-21/h7-12,21-22,28H,4-6,17H2,1-3H3,(H,18,23)(H,19,25)(H,20,24)(H,26,27). The molecule has 0 aliphatic rings. The Morgan fingerprint density at radius 2 is 1.54 bits per heavy atom. The van der Waals surface area contributed by atoms with Crippen molar-refractivity contribution in [1.29, 1.82) is 0 Å². The fraction of sp³-hybridized carbons (Fsp3) is 0.750. The normalized spacial score (nSPS) is 17.4. The predicted molar refractivity (Wildman–Crippen MR) is 103 cm³/mol. The minimum atomic E-state index is -1.45. The number of amides is 3. The lowest BCUT2D eigenvalue weighted by Crippen LogP contribution is -2.60. The maximum Gasteiger partial charge on any atom is 0.326 e. The first kappa shape index (κ1) is 26.1. The monoisotopic (exact) mass is 422 g/mol. The first-order valence-electron chi connectivity index (χ1n) is 8.79. The first-order valence-corrected chi connectivity index (χ1v) is 9.42. The summed E-state index contributed by atoms with van der Waals surface area (Å²) in [6.07, 6.45) is -0.853. The number of aliphatic hydroxyl groups excluding tert-OH is 2. The fourth-order valence-electron chi connectivity index (χ4n) is 2.14. The Bertz CT molecular complexity index is 561. The van der Waals surface area contributed by atoms with E-state index in [1.165, 1.54) is 6.92 Å². The number of aliphatic hydroxyl groups is 2. The Labute approximate surface area is 168 Å². The van der Waals surface area contributed by atoms with Crippen LogP contribution in [0, 0.1) is 5.92 Å². The molecule has 8 N–H and O–H groups in total. The van der Waals surface area contributed by atoms with Crippen LogP contribution < -0.4 is 21.7 Å². The van der Waals surface area contributed by atoms with Crippen molar-refractivity contribution in [3.05, 3.63) is 0 Å². The topological polar surface area (TPSA) is 191 Å². The molecule has 0 aliphatic heterocycles. The van der Waals surface area contributed by atoms with Crippen LogP contribution in [-0.2, 0) is 19.2 Å². The van der Waals surface area contributed by atoms with E-state index in [0.29, 0.717) is 6.42 Å². The van der Waals surface area contributed by atoms with Crippen molar-refractivity contribution in [2.24, 2.45) is 11.7 Å². The van der Waals surface area contributed by atoms with Crippen LogP contribution in [0.1, 0.15) is 27.2 Å². The lowest BCUT2D eigenvalue weighted by Gasteiger charge is -2.27. The summed E-state index contributed by atoms with van der Waals surface area (Å²) in [6.45, 7) is 4.03. The van der Waals surface area contributed by atoms with Gasteiger partial charge in [0.05, 0.1) is 12.7 Å². The molecule has 11 nitrogen and oxygen atoms in total. The van der Waals surface area contributed by atoms with E-state index < -0.39 is 60.6 Å². The van der Waals surface area contributed by atoms with Gasteiger partial charge in [0.15, 0.2) is 0 Å². The Hall–Kier alpha value is -1.89. The van der Waals surface area contributed by atoms with Crippen molar-refractivity contribution < 1.29 is 34.5 Å². The molecule has 0 bridgehead atoms. The van der Waals surface area contributed by atoms with Crippen molar-refractivity contribution in [3.8, 4) is 0 Å². The zero-order chi connectivity index (χ0) is 22.0. The number of carboxylic acids is 1. The summed E-state index contributed by atoms with van der Waals surface area (Å²) in [5.74, 6) is -4.27. The van der Waals surface area contributed by atoms with Crippen molar-refractivity contribution in [2.45, 2.75) is 57.5 Å². The van der Waals surface area contributed by atoms with Crippen LogP contribution in [0.3, 0.4) is 0 Å². The molecule has 0 heterocycles. The minimum absolute atomic E-state index is 0.144. The van der Waals surface area contributed by atoms with Gasteiger partial charge in [0, 0.05) is 5.75 Å². The maximum atomic E-state index is 12.4. The second-order valence-electron chi connectivity index (χ2n) is 6.47. The third-order valence-electron chi connectivity index (χ3n) is 4.19. The van der Waals surface area contributed by atoms with Gasteiger partial charge >= 0.3 is 5.97 Å². The highest BCUT2D eigenvalue weighted by Gasteiger charge is 2.33. The molecule has 0 saturated heterocycles. The highest BCUT2D eigenvalue weighted by atomic mass is 32.1. The summed E-state index contributed by atoms with van der Waals surface area (Å²) in [5.41, 5.74) is 5.36. The van der Waals surface area contributed by atoms with Gasteiger partial charge in [-0.3, -0.25) is 14.4 Å². The molecule has 0 aromatic rings. The quantitative estimate of drug-likeness (QED) is 0.155. The molecule has 0 radical (unpaired) electrons. The number of carbonyl (C=O) groups is 4. The summed E-state index contributed by atoms with van der Waals surface area (Å²) in [5, 5.41) is 34.8. The average molecular weight is 423 g/mol. The molecular weight excluding hydrogens is 392 g/mol. The van der Waals surface area contributed by atoms with Gasteiger partial charge in [-0.25, -0.2) is 4.79 Å². The number of nitrogens with one attached hydrogen (secondary N) is 3. The molecule has 12 heteroatoms. The fourth-order valence-corrected chi connectivity index (χ4v) is 2.40. The van der Waals surface area contributed by atoms with Gasteiger partial charge in [0.1, 0.15) is 24.2 Å². The minimum Gasteiger partial charge on any atom is -0.480 e. The number of hydrogen-bond acceptors (Lipinski definition) is 8. The van der Waals surface area contributed by atoms with Crippen LogP contribution >= 0.6 is 12.6 Å². The van der Waals surface area contributed by atoms with E-state index in [1.54, 1.807) is 13.8 Å². The molecule has 0 aromatic heterocycles. The van der Waals surface area contributed by atoms with Crippen molar-refractivity contribution in [1.82, 2.24) is 16.0 Å². The molecule has 6 unspecified atom stereocenters. The number of thiol groups is 1. The number of carboxylic acid groups (broad SMARTS) is 1. The zero-order valence-electron chi connectivity index (χ0n) is 16.1. The second kappa shape index (κ2) is 12.5. The van der Waals surface area contributed by atoms with Crippen LogP contribution in [0.4, 0.5) is 0 Å². The van der Waals surface area contributed by atoms with Crippen LogP contribution in [0.5, 0.6) is 0 Å². The molecule has 0 saturated carbocycles. The van der Waals surface area contributed by atoms with Crippen molar-refractivity contribution in [3.63, 3.8) is 0 Å². The van der Waals surface area contributed by atoms with E-state index in [4.69, 9.17) is 10.8 Å². The van der Waals surface area contributed by atoms with Gasteiger partial charge in [-0.05, 0) is 12.8 Å². The highest BCUT2D eigenvalue weighted by molar-refractivity contribution is 7.80. The van der Waals surface area contributed by atoms with Gasteiger partial charge in [0.25, 0.3) is 0 Å². The molecule has 0 spiro atoms. The molecular formula is C16H30N4O7S. The Balaban J connectivity index is 5.21. The third kappa shape index (κ3) is 8.00. The largest absolute Gasteiger partial charge is 0.480 e.